The van der Waals surface area contributed by atoms with E-state index in [1.54, 1.807) is 12.1 Å². The highest BCUT2D eigenvalue weighted by molar-refractivity contribution is 9.11. The van der Waals surface area contributed by atoms with Crippen LogP contribution in [0.5, 0.6) is 0 Å². The second-order valence-electron chi connectivity index (χ2n) is 5.11. The summed E-state index contributed by atoms with van der Waals surface area (Å²) in [6, 6.07) is 3.26. The lowest BCUT2D eigenvalue weighted by Gasteiger charge is -2.26. The summed E-state index contributed by atoms with van der Waals surface area (Å²) in [6.07, 6.45) is 3.65. The number of nitrogens with zero attached hydrogens (tertiary/aromatic N) is 1. The number of nitrogen functional groups attached to an aromatic ring is 1. The van der Waals surface area contributed by atoms with Crippen molar-refractivity contribution >= 4 is 47.6 Å². The van der Waals surface area contributed by atoms with Gasteiger partial charge >= 0.3 is 0 Å². The van der Waals surface area contributed by atoms with Crippen LogP contribution < -0.4 is 10.5 Å². The Morgan fingerprint density at radius 3 is 2.48 bits per heavy atom. The average Bonchev–Trinajstić information content (AvgIpc) is 2.38. The van der Waals surface area contributed by atoms with Gasteiger partial charge < -0.3 is 10.6 Å². The summed E-state index contributed by atoms with van der Waals surface area (Å²) in [6.45, 7) is 3.22. The third-order valence-corrected chi connectivity index (χ3v) is 6.40. The molecule has 1 saturated heterocycles. The first-order valence-electron chi connectivity index (χ1n) is 6.87. The molecule has 0 bridgehead atoms. The maximum absolute atomic E-state index is 12.4. The van der Waals surface area contributed by atoms with Gasteiger partial charge in [0.25, 0.3) is 0 Å². The summed E-state index contributed by atoms with van der Waals surface area (Å²) in [4.78, 5) is 2.38. The summed E-state index contributed by atoms with van der Waals surface area (Å²) >= 11 is 6.55. The van der Waals surface area contributed by atoms with E-state index >= 15 is 0 Å². The quantitative estimate of drug-likeness (QED) is 0.690. The molecule has 0 amide bonds. The van der Waals surface area contributed by atoms with Gasteiger partial charge in [0.15, 0.2) is 0 Å². The van der Waals surface area contributed by atoms with Crippen LogP contribution in [0.3, 0.4) is 0 Å². The predicted octanol–water partition coefficient (Wildman–Crippen LogP) is 2.56. The summed E-state index contributed by atoms with van der Waals surface area (Å²) in [5, 5.41) is 0. The van der Waals surface area contributed by atoms with E-state index in [-0.39, 0.29) is 10.6 Å². The minimum atomic E-state index is -3.61. The lowest BCUT2D eigenvalue weighted by atomic mass is 10.1. The summed E-state index contributed by atoms with van der Waals surface area (Å²) in [5.74, 6) is 0. The number of sulfonamides is 1. The molecule has 0 unspecified atom stereocenters. The van der Waals surface area contributed by atoms with E-state index in [4.69, 9.17) is 5.73 Å². The molecule has 0 aliphatic carbocycles. The van der Waals surface area contributed by atoms with E-state index in [1.165, 1.54) is 19.3 Å². The minimum absolute atomic E-state index is 0.101. The molecule has 0 atom stereocenters. The number of hydrogen-bond donors (Lipinski definition) is 2. The van der Waals surface area contributed by atoms with Gasteiger partial charge in [-0.15, -0.1) is 0 Å². The highest BCUT2D eigenvalue weighted by Crippen LogP contribution is 2.31. The molecule has 0 saturated carbocycles. The molecule has 21 heavy (non-hydrogen) atoms. The topological polar surface area (TPSA) is 75.4 Å². The van der Waals surface area contributed by atoms with E-state index in [0.717, 1.165) is 24.1 Å². The van der Waals surface area contributed by atoms with Crippen molar-refractivity contribution in [3.8, 4) is 0 Å². The monoisotopic (exact) mass is 439 g/mol. The van der Waals surface area contributed by atoms with Gasteiger partial charge in [0.05, 0.1) is 5.69 Å². The SMILES string of the molecule is Nc1cc(Br)cc(Br)c1S(=O)(=O)NCCN1CCCCC1. The Kier molecular flexibility index (Phi) is 6.07. The molecule has 0 spiro atoms. The molecule has 3 N–H and O–H groups in total. The van der Waals surface area contributed by atoms with Crippen molar-refractivity contribution < 1.29 is 8.42 Å². The molecular weight excluding hydrogens is 422 g/mol. The molecule has 0 radical (unpaired) electrons. The first-order chi connectivity index (χ1) is 9.90. The Balaban J connectivity index is 2.01. The fraction of sp³-hybridized carbons (Fsp3) is 0.538. The van der Waals surface area contributed by atoms with Gasteiger partial charge in [-0.2, -0.15) is 0 Å². The maximum Gasteiger partial charge on any atom is 0.243 e. The number of piperidine rings is 1. The van der Waals surface area contributed by atoms with E-state index in [2.05, 4.69) is 41.5 Å². The molecule has 1 heterocycles. The predicted molar refractivity (Wildman–Crippen MR) is 91.7 cm³/mol. The molecule has 5 nitrogen and oxygen atoms in total. The standard InChI is InChI=1S/C13H19Br2N3O2S/c14-10-8-11(15)13(12(16)9-10)21(19,20)17-4-7-18-5-2-1-3-6-18/h8-9,17H,1-7,16H2. The molecule has 1 aliphatic heterocycles. The molecule has 1 aromatic carbocycles. The van der Waals surface area contributed by atoms with Crippen molar-refractivity contribution in [1.29, 1.82) is 0 Å². The number of halogens is 2. The third kappa shape index (κ3) is 4.66. The number of rotatable bonds is 5. The van der Waals surface area contributed by atoms with Crippen molar-refractivity contribution in [2.75, 3.05) is 31.9 Å². The summed E-state index contributed by atoms with van der Waals surface area (Å²) < 4.78 is 28.6. The van der Waals surface area contributed by atoms with Gasteiger partial charge in [0.1, 0.15) is 4.90 Å². The number of nitrogens with one attached hydrogen (secondary N) is 1. The second-order valence-corrected chi connectivity index (χ2v) is 8.58. The van der Waals surface area contributed by atoms with Gasteiger partial charge in [-0.05, 0) is 54.0 Å². The van der Waals surface area contributed by atoms with Gasteiger partial charge in [-0.3, -0.25) is 0 Å². The van der Waals surface area contributed by atoms with Crippen LogP contribution in [0.4, 0.5) is 5.69 Å². The summed E-state index contributed by atoms with van der Waals surface area (Å²) in [7, 11) is -3.61. The Morgan fingerprint density at radius 1 is 1.19 bits per heavy atom. The van der Waals surface area contributed by atoms with E-state index in [9.17, 15) is 8.42 Å². The first-order valence-corrected chi connectivity index (χ1v) is 9.93. The molecule has 1 aliphatic rings. The number of nitrogens with two attached hydrogens (primary N) is 1. The number of likely N-dealkylation sites (tertiary alicyclic amines) is 1. The van der Waals surface area contributed by atoms with Crippen LogP contribution in [-0.2, 0) is 10.0 Å². The van der Waals surface area contributed by atoms with Crippen LogP contribution in [0.25, 0.3) is 0 Å². The first kappa shape index (κ1) is 17.2. The Labute approximate surface area is 142 Å². The van der Waals surface area contributed by atoms with Crippen molar-refractivity contribution in [1.82, 2.24) is 9.62 Å². The zero-order valence-electron chi connectivity index (χ0n) is 11.6. The molecule has 1 aromatic rings. The number of benzene rings is 1. The largest absolute Gasteiger partial charge is 0.398 e. The maximum atomic E-state index is 12.4. The molecular formula is C13H19Br2N3O2S. The van der Waals surface area contributed by atoms with Crippen molar-refractivity contribution in [3.63, 3.8) is 0 Å². The van der Waals surface area contributed by atoms with Crippen molar-refractivity contribution in [2.45, 2.75) is 24.2 Å². The third-order valence-electron chi connectivity index (χ3n) is 3.47. The van der Waals surface area contributed by atoms with Gasteiger partial charge in [-0.25, -0.2) is 13.1 Å². The van der Waals surface area contributed by atoms with Crippen LogP contribution in [0.15, 0.2) is 26.0 Å². The summed E-state index contributed by atoms with van der Waals surface area (Å²) in [5.41, 5.74) is 6.06. The van der Waals surface area contributed by atoms with Gasteiger partial charge in [0.2, 0.25) is 10.0 Å². The highest BCUT2D eigenvalue weighted by Gasteiger charge is 2.21. The molecule has 2 rings (SSSR count). The molecule has 1 fully saturated rings. The second kappa shape index (κ2) is 7.41. The van der Waals surface area contributed by atoms with Crippen LogP contribution in [0.2, 0.25) is 0 Å². The molecule has 0 aromatic heterocycles. The fourth-order valence-electron chi connectivity index (χ4n) is 2.46. The van der Waals surface area contributed by atoms with E-state index < -0.39 is 10.0 Å². The van der Waals surface area contributed by atoms with Crippen molar-refractivity contribution in [2.24, 2.45) is 0 Å². The van der Waals surface area contributed by atoms with Gasteiger partial charge in [-0.1, -0.05) is 22.4 Å². The van der Waals surface area contributed by atoms with Gasteiger partial charge in [0, 0.05) is 22.0 Å². The Morgan fingerprint density at radius 2 is 1.86 bits per heavy atom. The normalized spacial score (nSPS) is 17.0. The van der Waals surface area contributed by atoms with Crippen molar-refractivity contribution in [3.05, 3.63) is 21.1 Å². The molecule has 118 valence electrons. The van der Waals surface area contributed by atoms with E-state index in [0.29, 0.717) is 11.0 Å². The zero-order valence-corrected chi connectivity index (χ0v) is 15.6. The Hall–Kier alpha value is -0.150. The molecule has 8 heteroatoms. The zero-order chi connectivity index (χ0) is 15.5. The van der Waals surface area contributed by atoms with E-state index in [1.807, 2.05) is 0 Å². The lowest BCUT2D eigenvalue weighted by molar-refractivity contribution is 0.233. The number of hydrogen-bond acceptors (Lipinski definition) is 4. The smallest absolute Gasteiger partial charge is 0.243 e. The van der Waals surface area contributed by atoms with Crippen LogP contribution >= 0.6 is 31.9 Å². The van der Waals surface area contributed by atoms with Crippen LogP contribution in [0, 0.1) is 0 Å². The van der Waals surface area contributed by atoms with Crippen LogP contribution in [0.1, 0.15) is 19.3 Å². The highest BCUT2D eigenvalue weighted by atomic mass is 79.9. The minimum Gasteiger partial charge on any atom is -0.398 e. The average molecular weight is 441 g/mol. The van der Waals surface area contributed by atoms with Crippen LogP contribution in [-0.4, -0.2) is 39.5 Å². The fourth-order valence-corrected chi connectivity index (χ4v) is 5.54. The number of anilines is 1. The lowest BCUT2D eigenvalue weighted by Crippen LogP contribution is -2.37. The Bertz CT molecular complexity index is 578.